The maximum atomic E-state index is 15.3. The van der Waals surface area contributed by atoms with Crippen LogP contribution in [-0.4, -0.2) is 231 Å². The van der Waals surface area contributed by atoms with Gasteiger partial charge in [-0.25, -0.2) is 17.2 Å². The Balaban J connectivity index is 0.000000136. The lowest BCUT2D eigenvalue weighted by molar-refractivity contribution is -0.173. The third-order valence-corrected chi connectivity index (χ3v) is 33.1. The Morgan fingerprint density at radius 1 is 0.473 bits per heavy atom. The number of benzene rings is 8. The Hall–Kier alpha value is -13.7. The number of aromatic hydroxyl groups is 3. The largest absolute Gasteiger partial charge is 0.502 e. The summed E-state index contributed by atoms with van der Waals surface area (Å²) in [6, 6.07) is 50.3. The zero-order valence-electron chi connectivity index (χ0n) is 85.1. The van der Waals surface area contributed by atoms with Crippen molar-refractivity contribution in [2.24, 2.45) is 0 Å². The molecule has 3 N–H and O–H groups in total. The number of fused-ring (bicyclic) bond motifs is 12. The molecule has 8 atom stereocenters. The number of allylic oxidation sites excluding steroid dienone is 2. The van der Waals surface area contributed by atoms with Crippen LogP contribution in [0.4, 0.5) is 40.8 Å². The van der Waals surface area contributed by atoms with Gasteiger partial charge in [0, 0.05) is 104 Å². The summed E-state index contributed by atoms with van der Waals surface area (Å²) in [6.07, 6.45) is 8.59. The molecule has 4 amide bonds. The first-order valence-corrected chi connectivity index (χ1v) is 53.4. The summed E-state index contributed by atoms with van der Waals surface area (Å²) in [5, 5.41) is 41.8. The Morgan fingerprint density at radius 2 is 0.893 bits per heavy atom. The molecule has 0 radical (unpaired) electrons. The van der Waals surface area contributed by atoms with Gasteiger partial charge in [0.15, 0.2) is 34.3 Å². The monoisotopic (exact) mass is 2120 g/mol. The first kappa shape index (κ1) is 108. The van der Waals surface area contributed by atoms with Crippen molar-refractivity contribution in [3.63, 3.8) is 0 Å². The van der Waals surface area contributed by atoms with Gasteiger partial charge in [-0.15, -0.1) is 23.5 Å². The highest BCUT2D eigenvalue weighted by Gasteiger charge is 2.54. The van der Waals surface area contributed by atoms with Gasteiger partial charge in [0.1, 0.15) is 55.1 Å². The lowest BCUT2D eigenvalue weighted by atomic mass is 9.92. The number of anilines is 1. The Bertz CT molecular complexity index is 7310. The molecule has 150 heavy (non-hydrogen) atoms. The zero-order valence-corrected chi connectivity index (χ0v) is 87.6. The average Bonchev–Trinajstić information content (AvgIpc) is 1.15. The lowest BCUT2D eigenvalue weighted by Gasteiger charge is -2.55. The highest BCUT2D eigenvalue weighted by molar-refractivity contribution is 7.99. The molecular weight excluding hydrogens is 2000 g/mol. The topological polar surface area (TPSA) is 277 Å². The highest BCUT2D eigenvalue weighted by Crippen LogP contribution is 2.52. The summed E-state index contributed by atoms with van der Waals surface area (Å²) >= 11 is 2.59. The molecule has 1 saturated heterocycles. The van der Waals surface area contributed by atoms with Crippen molar-refractivity contribution in [3.05, 3.63) is 374 Å². The van der Waals surface area contributed by atoms with E-state index in [1.807, 2.05) is 46.1 Å². The number of thioether (sulfide) groups is 2. The second-order valence-corrected chi connectivity index (χ2v) is 43.3. The number of aromatic nitrogens is 3. The van der Waals surface area contributed by atoms with Crippen LogP contribution < -0.4 is 35.6 Å². The van der Waals surface area contributed by atoms with E-state index in [4.69, 9.17) is 4.74 Å². The van der Waals surface area contributed by atoms with Crippen molar-refractivity contribution in [3.8, 4) is 17.2 Å². The number of halogens is 8. The molecule has 7 aliphatic heterocycles. The Labute approximate surface area is 872 Å². The average molecular weight is 2120 g/mol. The van der Waals surface area contributed by atoms with E-state index in [1.165, 1.54) is 103 Å². The standard InChI is InChI=1S/C30H36N4O4.C30H38N4O.C26H24F4N4O5S2.C25H21F4N3O3S/c1-20(19-38-4)33-26(16-17-31(2)3)34(32-18-15-25(35)29(36)28(32)30(33)37)27-23-11-7-5-9-21(23)13-14-22-10-6-8-12-24(22)27;1-5-22(2)33-28(19-21-31(3)4)34(32-20-11-10-16-27(32)30(33)35)29-25-14-8-6-12-23(25)17-18-24-13-7-9-15-26(24)29;1-14(26(28,29)30)32-13-34(33-11-10-20(35)23(36)22(33)25(32)37)21-15-6-5-9-19(31(2)41(3,38)39)17(15)12-40-24-16(21)7-4-8-18(24)27;1-13-4-3-5-18-20(17-7-6-16(26)10-15(17)11-36-23(13)18)32-12-30(14(2)25(27,28)29)24(35)21-22(34)19(33)8-9-31(21)32/h5-12,15,18,20,26-27,36H,13-14,16-17,19H2,1-4H3;6-9,11-16,20,22,28-29H,5,10,17-19,21H2,1-4H3;4-11,14,21,36H,12-13H2,1-3H3;3-10,14,20,34H,11-12H2,1-2H3/t;;14-,21+;14-,20+/m..11/s1. The molecule has 8 aromatic carbocycles. The number of hydrazine groups is 1. The summed E-state index contributed by atoms with van der Waals surface area (Å²) in [4.78, 5) is 102. The zero-order chi connectivity index (χ0) is 107. The summed E-state index contributed by atoms with van der Waals surface area (Å²) in [5.74, 6) is -5.54. The number of carbonyl (C=O) groups excluding carboxylic acids is 4. The highest BCUT2D eigenvalue weighted by atomic mass is 32.2. The minimum absolute atomic E-state index is 0.0132. The summed E-state index contributed by atoms with van der Waals surface area (Å²) in [7, 11) is 7.50. The van der Waals surface area contributed by atoms with Crippen molar-refractivity contribution in [1.82, 2.24) is 53.4 Å². The van der Waals surface area contributed by atoms with E-state index in [1.54, 1.807) is 53.2 Å². The van der Waals surface area contributed by atoms with Crippen LogP contribution in [0.25, 0.3) is 0 Å². The summed E-state index contributed by atoms with van der Waals surface area (Å²) in [6.45, 7) is 10.7. The van der Waals surface area contributed by atoms with Gasteiger partial charge in [-0.05, 0) is 222 Å². The van der Waals surface area contributed by atoms with Crippen LogP contribution in [0.5, 0.6) is 17.2 Å². The SMILES string of the molecule is CCC(C)N1C(=O)C2=CCC=CN2N(C2c3ccccc3CCc3ccccc32)C1CCN(C)C.COCC(C)N1C(=O)c2c(O)c(=O)ccn2N(C2c3ccccc3CCc3ccccc32)C1CCN(C)C.C[C@@H](N1CN([C@H]2c3cccc(N(C)S(C)(=O)=O)c3CSc3c(F)cccc32)n2ccc(=O)c(O)c2C1=O)C(F)(F)F.Cc1cccc2c1SCc1cc(F)ccc1[C@@H]2N1CN([C@H](C)C(F)(F)F)C(=O)c2c(O)c(=O)ccn21. The van der Waals surface area contributed by atoms with Crippen LogP contribution in [-0.2, 0) is 56.7 Å². The molecule has 11 aromatic rings. The fourth-order valence-corrected chi connectivity index (χ4v) is 24.5. The third kappa shape index (κ3) is 20.6. The van der Waals surface area contributed by atoms with Crippen LogP contribution in [0.1, 0.15) is 199 Å². The van der Waals surface area contributed by atoms with E-state index >= 15 is 4.39 Å². The molecule has 2 aliphatic carbocycles. The molecule has 0 bridgehead atoms. The smallest absolute Gasteiger partial charge is 0.408 e. The molecule has 39 heteroatoms. The van der Waals surface area contributed by atoms with Crippen LogP contribution >= 0.6 is 23.5 Å². The van der Waals surface area contributed by atoms with Crippen molar-refractivity contribution in [2.75, 3.05) is 101 Å². The normalized spacial score (nSPS) is 18.8. The second kappa shape index (κ2) is 43.7. The molecule has 20 rings (SSSR count). The number of rotatable bonds is 19. The molecule has 0 spiro atoms. The van der Waals surface area contributed by atoms with Crippen LogP contribution in [0.2, 0.25) is 0 Å². The van der Waals surface area contributed by atoms with Gasteiger partial charge >= 0.3 is 12.4 Å². The Kier molecular flexibility index (Phi) is 31.3. The maximum Gasteiger partial charge on any atom is 0.408 e. The first-order chi connectivity index (χ1) is 71.4. The molecule has 9 aliphatic rings. The number of sulfonamides is 1. The van der Waals surface area contributed by atoms with Crippen molar-refractivity contribution >= 4 is 62.9 Å². The van der Waals surface area contributed by atoms with Gasteiger partial charge in [-0.1, -0.05) is 159 Å². The summed E-state index contributed by atoms with van der Waals surface area (Å²) < 4.78 is 148. The number of amides is 4. The number of methoxy groups -OCH3 is 1. The van der Waals surface area contributed by atoms with Gasteiger partial charge in [0.2, 0.25) is 26.3 Å². The van der Waals surface area contributed by atoms with Crippen molar-refractivity contribution in [2.45, 2.75) is 187 Å². The predicted octanol–water partition coefficient (Wildman–Crippen LogP) is 16.7. The Morgan fingerprint density at radius 3 is 1.37 bits per heavy atom. The van der Waals surface area contributed by atoms with E-state index in [-0.39, 0.29) is 70.3 Å². The molecule has 3 aromatic heterocycles. The van der Waals surface area contributed by atoms with E-state index in [0.717, 1.165) is 150 Å². The van der Waals surface area contributed by atoms with Gasteiger partial charge in [-0.3, -0.25) is 71.9 Å². The molecule has 790 valence electrons. The third-order valence-electron chi connectivity index (χ3n) is 29.5. The van der Waals surface area contributed by atoms with E-state index in [0.29, 0.717) is 56.4 Å². The number of nitrogens with zero attached hydrogens (tertiary/aromatic N) is 15. The number of carbonyl (C=O) groups is 4. The van der Waals surface area contributed by atoms with Crippen LogP contribution in [0, 0.1) is 18.6 Å². The van der Waals surface area contributed by atoms with Crippen LogP contribution in [0.3, 0.4) is 0 Å². The number of aryl methyl sites for hydroxylation is 5. The van der Waals surface area contributed by atoms with E-state index < -0.39 is 128 Å². The van der Waals surface area contributed by atoms with Crippen molar-refractivity contribution in [1.29, 1.82) is 0 Å². The number of pyridine rings is 3. The van der Waals surface area contributed by atoms with Gasteiger partial charge in [0.05, 0.1) is 48.8 Å². The molecule has 1 fully saturated rings. The molecule has 4 unspecified atom stereocenters. The minimum Gasteiger partial charge on any atom is -0.502 e. The number of ether oxygens (including phenoxy) is 1. The molecule has 0 saturated carbocycles. The fourth-order valence-electron chi connectivity index (χ4n) is 21.6. The number of alkyl halides is 6. The summed E-state index contributed by atoms with van der Waals surface area (Å²) in [5.41, 5.74) is 12.0. The quantitative estimate of drug-likeness (QED) is 0.0634. The van der Waals surface area contributed by atoms with Crippen LogP contribution in [0.15, 0.2) is 255 Å². The van der Waals surface area contributed by atoms with Gasteiger partial charge < -0.3 is 49.5 Å². The van der Waals surface area contributed by atoms with Gasteiger partial charge in [-0.2, -0.15) is 31.4 Å². The number of hydrogen-bond acceptors (Lipinski definition) is 22. The van der Waals surface area contributed by atoms with Crippen molar-refractivity contribution < 1.29 is 82.8 Å². The lowest BCUT2D eigenvalue weighted by Crippen LogP contribution is -2.66. The molecular formula is C111H119F8N15O13S3. The molecule has 28 nitrogen and oxygen atoms in total. The first-order valence-electron chi connectivity index (χ1n) is 49.5. The van der Waals surface area contributed by atoms with E-state index in [9.17, 15) is 88.0 Å². The molecule has 10 heterocycles. The predicted molar refractivity (Wildman–Crippen MR) is 559 cm³/mol. The fraction of sp³-hybridized carbons (Fsp3) is 0.360. The maximum absolute atomic E-state index is 15.3. The second-order valence-electron chi connectivity index (χ2n) is 39.3. The van der Waals surface area contributed by atoms with Gasteiger partial charge in [0.25, 0.3) is 23.6 Å². The minimum atomic E-state index is -4.85. The van der Waals surface area contributed by atoms with E-state index in [2.05, 4.69) is 173 Å². The number of hydrogen-bond donors (Lipinski definition) is 3.